The predicted octanol–water partition coefficient (Wildman–Crippen LogP) is 3.93. The number of pyridine rings is 1. The molecule has 0 amide bonds. The van der Waals surface area contributed by atoms with Crippen LogP contribution in [-0.2, 0) is 17.6 Å². The number of rotatable bonds is 5. The van der Waals surface area contributed by atoms with Gasteiger partial charge in [0.1, 0.15) is 11.3 Å². The fourth-order valence-electron chi connectivity index (χ4n) is 3.68. The van der Waals surface area contributed by atoms with E-state index in [1.165, 1.54) is 7.11 Å². The number of phenols is 1. The van der Waals surface area contributed by atoms with E-state index in [1.54, 1.807) is 28.0 Å². The smallest absolute Gasteiger partial charge is 0.343 e. The fourth-order valence-corrected chi connectivity index (χ4v) is 4.30. The highest BCUT2D eigenvalue weighted by atomic mass is 32.1. The van der Waals surface area contributed by atoms with Gasteiger partial charge in [0, 0.05) is 36.0 Å². The van der Waals surface area contributed by atoms with Crippen molar-refractivity contribution in [3.63, 3.8) is 0 Å². The Bertz CT molecular complexity index is 1250. The molecule has 0 aliphatic rings. The van der Waals surface area contributed by atoms with Crippen molar-refractivity contribution >= 4 is 28.6 Å². The molecule has 0 unspecified atom stereocenters. The first-order valence-electron chi connectivity index (χ1n) is 9.47. The summed E-state index contributed by atoms with van der Waals surface area (Å²) in [5.41, 5.74) is 11.3. The lowest BCUT2D eigenvalue weighted by molar-refractivity contribution is 0.0603. The van der Waals surface area contributed by atoms with E-state index >= 15 is 0 Å². The minimum absolute atomic E-state index is 0.171. The fraction of sp³-hybridized carbons (Fsp3) is 0.227. The van der Waals surface area contributed by atoms with Crippen molar-refractivity contribution < 1.29 is 14.6 Å². The number of aromatic nitrogens is 3. The second kappa shape index (κ2) is 7.79. The van der Waals surface area contributed by atoms with Crippen LogP contribution in [0.2, 0.25) is 0 Å². The Labute approximate surface area is 177 Å². The van der Waals surface area contributed by atoms with Crippen LogP contribution in [0.15, 0.2) is 36.1 Å². The summed E-state index contributed by atoms with van der Waals surface area (Å²) in [5, 5.41) is 13.2. The van der Waals surface area contributed by atoms with Crippen LogP contribution in [0.5, 0.6) is 5.75 Å². The van der Waals surface area contributed by atoms with Crippen molar-refractivity contribution in [3.05, 3.63) is 63.5 Å². The van der Waals surface area contributed by atoms with Crippen molar-refractivity contribution in [1.29, 1.82) is 0 Å². The summed E-state index contributed by atoms with van der Waals surface area (Å²) < 4.78 is 6.80. The van der Waals surface area contributed by atoms with Crippen LogP contribution in [0, 0.1) is 13.8 Å². The Morgan fingerprint density at radius 2 is 2.07 bits per heavy atom. The monoisotopic (exact) mass is 422 g/mol. The number of benzene rings is 1. The van der Waals surface area contributed by atoms with Gasteiger partial charge < -0.3 is 20.0 Å². The van der Waals surface area contributed by atoms with Crippen molar-refractivity contribution in [2.45, 2.75) is 26.7 Å². The molecular weight excluding hydrogens is 400 g/mol. The molecule has 0 bridgehead atoms. The Morgan fingerprint density at radius 3 is 2.77 bits per heavy atom. The van der Waals surface area contributed by atoms with Crippen LogP contribution in [0.3, 0.4) is 0 Å². The number of thiazole rings is 1. The van der Waals surface area contributed by atoms with E-state index in [0.717, 1.165) is 28.2 Å². The number of aryl methyl sites for hydroxylation is 3. The van der Waals surface area contributed by atoms with E-state index in [1.807, 2.05) is 37.7 Å². The lowest BCUT2D eigenvalue weighted by Gasteiger charge is -2.16. The van der Waals surface area contributed by atoms with E-state index in [2.05, 4.69) is 9.97 Å². The summed E-state index contributed by atoms with van der Waals surface area (Å²) in [6, 6.07) is 3.48. The molecule has 1 aromatic carbocycles. The highest BCUT2D eigenvalue weighted by Gasteiger charge is 2.23. The first-order valence-corrected chi connectivity index (χ1v) is 10.3. The lowest BCUT2D eigenvalue weighted by atomic mass is 9.93. The number of carbonyl (C=O) groups excluding carboxylic acids is 1. The third kappa shape index (κ3) is 3.39. The zero-order chi connectivity index (χ0) is 21.4. The number of nitrogens with two attached hydrogens (primary N) is 1. The van der Waals surface area contributed by atoms with Gasteiger partial charge in [0.05, 0.1) is 23.5 Å². The zero-order valence-electron chi connectivity index (χ0n) is 17.0. The van der Waals surface area contributed by atoms with Gasteiger partial charge in [0.25, 0.3) is 0 Å². The minimum atomic E-state index is -0.549. The Kier molecular flexibility index (Phi) is 5.17. The van der Waals surface area contributed by atoms with Crippen LogP contribution < -0.4 is 5.73 Å². The van der Waals surface area contributed by atoms with E-state index in [4.69, 9.17) is 10.5 Å². The molecule has 3 N–H and O–H groups in total. The summed E-state index contributed by atoms with van der Waals surface area (Å²) in [7, 11) is 1.32. The van der Waals surface area contributed by atoms with Gasteiger partial charge in [-0.05, 0) is 43.0 Å². The van der Waals surface area contributed by atoms with Crippen LogP contribution in [0.1, 0.15) is 32.2 Å². The number of carbonyl (C=O) groups is 1. The van der Waals surface area contributed by atoms with Crippen LogP contribution >= 0.6 is 11.3 Å². The molecule has 4 rings (SSSR count). The molecule has 3 aromatic heterocycles. The molecule has 7 nitrogen and oxygen atoms in total. The molecule has 0 saturated carbocycles. The molecule has 0 aliphatic heterocycles. The second-order valence-electron chi connectivity index (χ2n) is 7.11. The average Bonchev–Trinajstić information content (AvgIpc) is 3.38. The molecule has 30 heavy (non-hydrogen) atoms. The number of esters is 1. The van der Waals surface area contributed by atoms with Gasteiger partial charge >= 0.3 is 5.97 Å². The molecule has 0 radical (unpaired) electrons. The lowest BCUT2D eigenvalue weighted by Crippen LogP contribution is -2.10. The molecule has 0 fully saturated rings. The van der Waals surface area contributed by atoms with Crippen molar-refractivity contribution in [3.8, 4) is 16.9 Å². The van der Waals surface area contributed by atoms with Gasteiger partial charge in [-0.15, -0.1) is 11.3 Å². The molecular formula is C22H22N4O3S. The Balaban J connectivity index is 1.89. The minimum Gasteiger partial charge on any atom is -0.508 e. The van der Waals surface area contributed by atoms with Gasteiger partial charge in [-0.25, -0.2) is 14.8 Å². The molecule has 8 heteroatoms. The maximum Gasteiger partial charge on any atom is 0.343 e. The highest BCUT2D eigenvalue weighted by molar-refractivity contribution is 7.09. The number of fused-ring (bicyclic) bond motifs is 1. The van der Waals surface area contributed by atoms with E-state index in [9.17, 15) is 9.90 Å². The SMILES string of the molecule is COC(=O)c1c(N)c(-c2c(C)ccc(O)c2C)cn2cc(CCc3nccs3)nc12. The molecule has 0 spiro atoms. The third-order valence-electron chi connectivity index (χ3n) is 5.22. The largest absolute Gasteiger partial charge is 0.508 e. The highest BCUT2D eigenvalue weighted by Crippen LogP contribution is 2.38. The first-order chi connectivity index (χ1) is 14.4. The zero-order valence-corrected chi connectivity index (χ0v) is 17.8. The quantitative estimate of drug-likeness (QED) is 0.472. The first kappa shape index (κ1) is 19.9. The number of methoxy groups -OCH3 is 1. The van der Waals surface area contributed by atoms with Crippen molar-refractivity contribution in [2.24, 2.45) is 0 Å². The summed E-state index contributed by atoms with van der Waals surface area (Å²) in [4.78, 5) is 21.6. The molecule has 0 aliphatic carbocycles. The Morgan fingerprint density at radius 1 is 1.27 bits per heavy atom. The maximum absolute atomic E-state index is 12.6. The standard InChI is InChI=1S/C22H22N4O3S/c1-12-4-6-16(27)13(2)18(12)15-11-26-10-14(5-7-17-24-8-9-30-17)25-21(26)19(20(15)23)22(28)29-3/h4,6,8-11,27H,5,7,23H2,1-3H3. The van der Waals surface area contributed by atoms with Gasteiger partial charge in [-0.1, -0.05) is 6.07 Å². The normalized spacial score (nSPS) is 11.2. The summed E-state index contributed by atoms with van der Waals surface area (Å²) in [6.07, 6.45) is 6.99. The van der Waals surface area contributed by atoms with Crippen molar-refractivity contribution in [1.82, 2.24) is 14.4 Å². The maximum atomic E-state index is 12.6. The Hall–Kier alpha value is -3.39. The van der Waals surface area contributed by atoms with E-state index in [-0.39, 0.29) is 17.0 Å². The molecule has 4 aromatic rings. The molecule has 154 valence electrons. The third-order valence-corrected chi connectivity index (χ3v) is 6.05. The number of hydrogen-bond acceptors (Lipinski definition) is 7. The van der Waals surface area contributed by atoms with Crippen LogP contribution in [0.4, 0.5) is 5.69 Å². The number of nitrogen functional groups attached to an aromatic ring is 1. The van der Waals surface area contributed by atoms with E-state index in [0.29, 0.717) is 23.2 Å². The second-order valence-corrected chi connectivity index (χ2v) is 8.09. The van der Waals surface area contributed by atoms with Crippen LogP contribution in [0.25, 0.3) is 16.8 Å². The topological polar surface area (TPSA) is 103 Å². The number of phenolic OH excluding ortho intramolecular Hbond substituents is 1. The molecule has 0 atom stereocenters. The number of anilines is 1. The number of nitrogens with zero attached hydrogens (tertiary/aromatic N) is 3. The van der Waals surface area contributed by atoms with Gasteiger partial charge in [-0.2, -0.15) is 0 Å². The number of ether oxygens (including phenoxy) is 1. The number of imidazole rings is 1. The predicted molar refractivity (Wildman–Crippen MR) is 117 cm³/mol. The summed E-state index contributed by atoms with van der Waals surface area (Å²) in [6.45, 7) is 3.77. The summed E-state index contributed by atoms with van der Waals surface area (Å²) in [5.74, 6) is -0.378. The average molecular weight is 423 g/mol. The van der Waals surface area contributed by atoms with Crippen LogP contribution in [-0.4, -0.2) is 32.6 Å². The number of aromatic hydroxyl groups is 1. The van der Waals surface area contributed by atoms with Gasteiger partial charge in [-0.3, -0.25) is 0 Å². The summed E-state index contributed by atoms with van der Waals surface area (Å²) >= 11 is 1.60. The van der Waals surface area contributed by atoms with Gasteiger partial charge in [0.2, 0.25) is 0 Å². The molecule has 3 heterocycles. The van der Waals surface area contributed by atoms with Crippen molar-refractivity contribution in [2.75, 3.05) is 12.8 Å². The van der Waals surface area contributed by atoms with E-state index < -0.39 is 5.97 Å². The van der Waals surface area contributed by atoms with Gasteiger partial charge in [0.15, 0.2) is 5.65 Å². The number of hydrogen-bond donors (Lipinski definition) is 2. The molecule has 0 saturated heterocycles.